The third-order valence-corrected chi connectivity index (χ3v) is 2.39. The lowest BCUT2D eigenvalue weighted by Gasteiger charge is -2.17. The summed E-state index contributed by atoms with van der Waals surface area (Å²) in [5.74, 6) is -0.626. The minimum Gasteiger partial charge on any atom is -0.368 e. The molecule has 0 aliphatic carbocycles. The fourth-order valence-electron chi connectivity index (χ4n) is 1.59. The van der Waals surface area contributed by atoms with Gasteiger partial charge in [-0.05, 0) is 38.0 Å². The van der Waals surface area contributed by atoms with Crippen LogP contribution in [-0.4, -0.2) is 18.0 Å². The van der Waals surface area contributed by atoms with Crippen molar-refractivity contribution in [3.8, 4) is 0 Å². The van der Waals surface area contributed by atoms with Crippen molar-refractivity contribution in [2.75, 3.05) is 0 Å². The van der Waals surface area contributed by atoms with E-state index in [0.717, 1.165) is 5.56 Å². The van der Waals surface area contributed by atoms with Crippen molar-refractivity contribution < 1.29 is 9.18 Å². The van der Waals surface area contributed by atoms with E-state index >= 15 is 0 Å². The summed E-state index contributed by atoms with van der Waals surface area (Å²) in [4.78, 5) is 10.8. The molecule has 16 heavy (non-hydrogen) atoms. The Balaban J connectivity index is 2.51. The predicted molar refractivity (Wildman–Crippen MR) is 61.4 cm³/mol. The molecule has 1 amide bonds. The van der Waals surface area contributed by atoms with E-state index in [4.69, 9.17) is 5.73 Å². The molecule has 1 aromatic carbocycles. The summed E-state index contributed by atoms with van der Waals surface area (Å²) in [5.41, 5.74) is 6.04. The summed E-state index contributed by atoms with van der Waals surface area (Å²) in [7, 11) is 0. The first-order chi connectivity index (χ1) is 7.49. The molecule has 1 aromatic rings. The van der Waals surface area contributed by atoms with E-state index in [1.54, 1.807) is 13.0 Å². The molecule has 0 heterocycles. The third kappa shape index (κ3) is 3.98. The number of nitrogens with one attached hydrogen (secondary N) is 1. The topological polar surface area (TPSA) is 55.1 Å². The van der Waals surface area contributed by atoms with E-state index in [2.05, 4.69) is 5.32 Å². The van der Waals surface area contributed by atoms with Crippen LogP contribution < -0.4 is 11.1 Å². The number of carbonyl (C=O) groups excluding carboxylic acids is 1. The molecule has 2 atom stereocenters. The second-order valence-corrected chi connectivity index (χ2v) is 4.03. The van der Waals surface area contributed by atoms with Gasteiger partial charge in [0.15, 0.2) is 0 Å². The molecule has 0 fully saturated rings. The van der Waals surface area contributed by atoms with Gasteiger partial charge in [0.2, 0.25) is 5.91 Å². The molecule has 0 spiro atoms. The highest BCUT2D eigenvalue weighted by Crippen LogP contribution is 2.06. The Bertz CT molecular complexity index is 368. The Morgan fingerprint density at radius 1 is 1.50 bits per heavy atom. The smallest absolute Gasteiger partial charge is 0.234 e. The molecule has 2 unspecified atom stereocenters. The summed E-state index contributed by atoms with van der Waals surface area (Å²) < 4.78 is 12.9. The second kappa shape index (κ2) is 5.61. The van der Waals surface area contributed by atoms with Gasteiger partial charge in [-0.15, -0.1) is 0 Å². The molecular weight excluding hydrogens is 207 g/mol. The first-order valence-corrected chi connectivity index (χ1v) is 5.29. The van der Waals surface area contributed by atoms with Gasteiger partial charge in [-0.2, -0.15) is 0 Å². The average Bonchev–Trinajstić information content (AvgIpc) is 2.16. The van der Waals surface area contributed by atoms with Crippen molar-refractivity contribution in [3.05, 3.63) is 35.6 Å². The molecule has 0 aromatic heterocycles. The van der Waals surface area contributed by atoms with E-state index in [1.165, 1.54) is 12.1 Å². The number of nitrogens with two attached hydrogens (primary N) is 1. The second-order valence-electron chi connectivity index (χ2n) is 4.03. The Morgan fingerprint density at radius 2 is 2.19 bits per heavy atom. The normalized spacial score (nSPS) is 14.4. The highest BCUT2D eigenvalue weighted by Gasteiger charge is 2.12. The fraction of sp³-hybridized carbons (Fsp3) is 0.417. The van der Waals surface area contributed by atoms with Crippen LogP contribution in [0.3, 0.4) is 0 Å². The zero-order valence-electron chi connectivity index (χ0n) is 9.53. The number of amides is 1. The van der Waals surface area contributed by atoms with E-state index in [0.29, 0.717) is 6.42 Å². The number of benzene rings is 1. The van der Waals surface area contributed by atoms with Crippen molar-refractivity contribution in [2.45, 2.75) is 32.4 Å². The monoisotopic (exact) mass is 224 g/mol. The summed E-state index contributed by atoms with van der Waals surface area (Å²) in [6.45, 7) is 3.65. The summed E-state index contributed by atoms with van der Waals surface area (Å²) in [5, 5.41) is 3.05. The fourth-order valence-corrected chi connectivity index (χ4v) is 1.59. The van der Waals surface area contributed by atoms with Crippen LogP contribution in [0.15, 0.2) is 24.3 Å². The van der Waals surface area contributed by atoms with Gasteiger partial charge in [0.05, 0.1) is 6.04 Å². The number of hydrogen-bond donors (Lipinski definition) is 2. The zero-order valence-corrected chi connectivity index (χ0v) is 9.53. The largest absolute Gasteiger partial charge is 0.368 e. The number of halogens is 1. The van der Waals surface area contributed by atoms with Gasteiger partial charge in [0, 0.05) is 6.04 Å². The highest BCUT2D eigenvalue weighted by molar-refractivity contribution is 5.79. The number of rotatable bonds is 5. The van der Waals surface area contributed by atoms with Crippen LogP contribution in [0.25, 0.3) is 0 Å². The molecule has 3 N–H and O–H groups in total. The van der Waals surface area contributed by atoms with E-state index in [9.17, 15) is 9.18 Å². The van der Waals surface area contributed by atoms with Crippen molar-refractivity contribution in [1.29, 1.82) is 0 Å². The van der Waals surface area contributed by atoms with Gasteiger partial charge >= 0.3 is 0 Å². The molecule has 1 rings (SSSR count). The highest BCUT2D eigenvalue weighted by atomic mass is 19.1. The Morgan fingerprint density at radius 3 is 2.75 bits per heavy atom. The third-order valence-electron chi connectivity index (χ3n) is 2.39. The summed E-state index contributed by atoms with van der Waals surface area (Å²) >= 11 is 0. The van der Waals surface area contributed by atoms with Gasteiger partial charge in [0.1, 0.15) is 5.82 Å². The molecule has 0 bridgehead atoms. The minimum absolute atomic E-state index is 0.0734. The van der Waals surface area contributed by atoms with Crippen LogP contribution in [0.2, 0.25) is 0 Å². The maximum absolute atomic E-state index is 12.9. The van der Waals surface area contributed by atoms with Crippen LogP contribution in [0.5, 0.6) is 0 Å². The average molecular weight is 224 g/mol. The van der Waals surface area contributed by atoms with Gasteiger partial charge in [0.25, 0.3) is 0 Å². The van der Waals surface area contributed by atoms with Crippen molar-refractivity contribution in [3.63, 3.8) is 0 Å². The summed E-state index contributed by atoms with van der Waals surface area (Å²) in [6, 6.07) is 6.14. The van der Waals surface area contributed by atoms with Crippen LogP contribution in [0.4, 0.5) is 4.39 Å². The molecule has 0 radical (unpaired) electrons. The zero-order chi connectivity index (χ0) is 12.1. The molecule has 0 aliphatic heterocycles. The first kappa shape index (κ1) is 12.6. The first-order valence-electron chi connectivity index (χ1n) is 5.29. The lowest BCUT2D eigenvalue weighted by atomic mass is 10.1. The Hall–Kier alpha value is -1.42. The molecule has 3 nitrogen and oxygen atoms in total. The maximum atomic E-state index is 12.9. The molecule has 4 heteroatoms. The SMILES string of the molecule is CC(Cc1cccc(F)c1)NC(C)C(N)=O. The maximum Gasteiger partial charge on any atom is 0.234 e. The van der Waals surface area contributed by atoms with Crippen molar-refractivity contribution >= 4 is 5.91 Å². The molecule has 0 aliphatic rings. The minimum atomic E-state index is -0.383. The van der Waals surface area contributed by atoms with Crippen molar-refractivity contribution in [1.82, 2.24) is 5.32 Å². The summed E-state index contributed by atoms with van der Waals surface area (Å²) in [6.07, 6.45) is 0.662. The Labute approximate surface area is 94.8 Å². The van der Waals surface area contributed by atoms with Gasteiger partial charge in [-0.1, -0.05) is 12.1 Å². The number of carbonyl (C=O) groups is 1. The Kier molecular flexibility index (Phi) is 4.43. The van der Waals surface area contributed by atoms with Gasteiger partial charge < -0.3 is 11.1 Å². The van der Waals surface area contributed by atoms with Gasteiger partial charge in [-0.3, -0.25) is 4.79 Å². The lowest BCUT2D eigenvalue weighted by molar-refractivity contribution is -0.119. The predicted octanol–water partition coefficient (Wildman–Crippen LogP) is 1.22. The molecule has 0 saturated carbocycles. The van der Waals surface area contributed by atoms with Crippen LogP contribution in [0, 0.1) is 5.82 Å². The van der Waals surface area contributed by atoms with Crippen LogP contribution in [-0.2, 0) is 11.2 Å². The standard InChI is InChI=1S/C12H17FN2O/c1-8(15-9(2)12(14)16)6-10-4-3-5-11(13)7-10/h3-5,7-9,15H,6H2,1-2H3,(H2,14,16). The number of hydrogen-bond acceptors (Lipinski definition) is 2. The van der Waals surface area contributed by atoms with Crippen molar-refractivity contribution in [2.24, 2.45) is 5.73 Å². The number of primary amides is 1. The van der Waals surface area contributed by atoms with Gasteiger partial charge in [-0.25, -0.2) is 4.39 Å². The van der Waals surface area contributed by atoms with E-state index in [-0.39, 0.29) is 23.8 Å². The quantitative estimate of drug-likeness (QED) is 0.790. The van der Waals surface area contributed by atoms with E-state index < -0.39 is 0 Å². The molecule has 0 saturated heterocycles. The molecule has 88 valence electrons. The van der Waals surface area contributed by atoms with Crippen LogP contribution in [0.1, 0.15) is 19.4 Å². The molecular formula is C12H17FN2O. The van der Waals surface area contributed by atoms with E-state index in [1.807, 2.05) is 13.0 Å². The lowest BCUT2D eigenvalue weighted by Crippen LogP contribution is -2.44. The van der Waals surface area contributed by atoms with Crippen LogP contribution >= 0.6 is 0 Å².